The predicted octanol–water partition coefficient (Wildman–Crippen LogP) is 9.96. The van der Waals surface area contributed by atoms with E-state index in [-0.39, 0.29) is 19.3 Å². The maximum absolute atomic E-state index is 14.3. The third kappa shape index (κ3) is 36.5. The van der Waals surface area contributed by atoms with E-state index in [4.69, 9.17) is 42.2 Å². The van der Waals surface area contributed by atoms with E-state index in [9.17, 15) is 74.9 Å². The summed E-state index contributed by atoms with van der Waals surface area (Å²) in [5, 5.41) is 110. The van der Waals surface area contributed by atoms with Gasteiger partial charge in [-0.15, -0.1) is 0 Å². The quantitative estimate of drug-likeness (QED) is 0.00886. The van der Waals surface area contributed by atoms with Crippen LogP contribution in [0.15, 0.2) is 12.2 Å². The number of aliphatic hydroxyl groups is 10. The van der Waals surface area contributed by atoms with Crippen LogP contribution in [0.5, 0.6) is 0 Å². The summed E-state index contributed by atoms with van der Waals surface area (Å²) in [6.45, 7) is 3.43. The summed E-state index contributed by atoms with van der Waals surface area (Å²) >= 11 is 0. The number of carbonyl (C=O) groups excluding carboxylic acids is 3. The molecule has 3 fully saturated rings. The fourth-order valence-electron chi connectivity index (χ4n) is 12.4. The molecule has 0 aromatic carbocycles. The normalized spacial score (nSPS) is 28.0. The molecule has 3 rings (SSSR count). The lowest BCUT2D eigenvalue weighted by Gasteiger charge is -2.49. The minimum Gasteiger partial charge on any atom is -0.463 e. The van der Waals surface area contributed by atoms with Crippen LogP contribution in [0.3, 0.4) is 0 Å². The van der Waals surface area contributed by atoms with Crippen LogP contribution in [-0.2, 0) is 61.2 Å². The molecule has 25 heteroatoms. The van der Waals surface area contributed by atoms with Crippen molar-refractivity contribution in [3.8, 4) is 0 Å². The first kappa shape index (κ1) is 87.9. The summed E-state index contributed by atoms with van der Waals surface area (Å²) in [4.78, 5) is 50.9. The Morgan fingerprint density at radius 1 is 0.396 bits per heavy atom. The van der Waals surface area contributed by atoms with E-state index in [1.165, 1.54) is 116 Å². The average Bonchev–Trinajstić information content (AvgIpc) is 0.764. The molecule has 0 aromatic rings. The van der Waals surface area contributed by atoms with Crippen LogP contribution in [0, 0.1) is 0 Å². The Labute approximate surface area is 573 Å². The molecule has 0 spiro atoms. The maximum atomic E-state index is 14.3. The van der Waals surface area contributed by atoms with Crippen LogP contribution in [0.2, 0.25) is 0 Å². The van der Waals surface area contributed by atoms with E-state index in [0.717, 1.165) is 116 Å². The fraction of sp³-hybridized carbons (Fsp3) is 0.930. The van der Waals surface area contributed by atoms with Crippen LogP contribution in [0.25, 0.3) is 0 Å². The lowest BCUT2D eigenvalue weighted by atomic mass is 9.84. The molecule has 18 atom stereocenters. The topological polar surface area (TPSA) is 374 Å². The first-order valence-corrected chi connectivity index (χ1v) is 39.0. The van der Waals surface area contributed by atoms with Gasteiger partial charge in [-0.25, -0.2) is 4.57 Å². The molecule has 0 radical (unpaired) electrons. The molecule has 24 nitrogen and oxygen atoms in total. The number of hydrogen-bond acceptors (Lipinski definition) is 23. The van der Waals surface area contributed by atoms with Gasteiger partial charge in [0.25, 0.3) is 0 Å². The molecule has 11 N–H and O–H groups in total. The van der Waals surface area contributed by atoms with E-state index in [0.29, 0.717) is 19.3 Å². The van der Waals surface area contributed by atoms with Gasteiger partial charge in [0.2, 0.25) is 0 Å². The number of ether oxygens (including phenoxy) is 7. The third-order valence-corrected chi connectivity index (χ3v) is 19.5. The second-order valence-electron chi connectivity index (χ2n) is 27.0. The van der Waals surface area contributed by atoms with Gasteiger partial charge in [0.05, 0.1) is 13.2 Å². The van der Waals surface area contributed by atoms with Crippen molar-refractivity contribution in [2.45, 2.75) is 395 Å². The number of esters is 3. The van der Waals surface area contributed by atoms with Gasteiger partial charge in [-0.05, 0) is 44.9 Å². The number of rotatable bonds is 58. The second-order valence-corrected chi connectivity index (χ2v) is 28.4. The summed E-state index contributed by atoms with van der Waals surface area (Å²) in [6.07, 6.45) is 11.4. The zero-order chi connectivity index (χ0) is 70.4. The Kier molecular flexibility index (Phi) is 49.0. The molecule has 1 saturated carbocycles. The third-order valence-electron chi connectivity index (χ3n) is 18.5. The Bertz CT molecular complexity index is 2040. The van der Waals surface area contributed by atoms with Gasteiger partial charge in [-0.2, -0.15) is 0 Å². The van der Waals surface area contributed by atoms with Crippen molar-refractivity contribution in [1.29, 1.82) is 0 Å². The second kappa shape index (κ2) is 53.5. The SMILES string of the molecule is CCCCCC/C=C\CCCCCCCCCC(=O)OCC1OC(OC2C(O)C(O)C(O)C(OC3OC(CO)C(O)C(O)C3O)C2OP(=O)(O)OCC(COC(=O)CCCCCCCCCCCCC)OC(=O)CCCCCCCCCCCCCCCCC)C(O)C(O)C1O. The molecule has 3 aliphatic rings. The highest BCUT2D eigenvalue weighted by Crippen LogP contribution is 2.49. The Hall–Kier alpha value is -2.30. The summed E-state index contributed by atoms with van der Waals surface area (Å²) in [5.41, 5.74) is 0. The smallest absolute Gasteiger partial charge is 0.463 e. The van der Waals surface area contributed by atoms with Gasteiger partial charge in [-0.3, -0.25) is 23.4 Å². The lowest BCUT2D eigenvalue weighted by molar-refractivity contribution is -0.360. The molecular weight excluding hydrogens is 1270 g/mol. The van der Waals surface area contributed by atoms with Gasteiger partial charge in [0, 0.05) is 19.3 Å². The van der Waals surface area contributed by atoms with Gasteiger partial charge in [-0.1, -0.05) is 238 Å². The van der Waals surface area contributed by atoms with Crippen molar-refractivity contribution in [3.05, 3.63) is 12.2 Å². The molecule has 18 unspecified atom stereocenters. The van der Waals surface area contributed by atoms with Crippen molar-refractivity contribution in [2.24, 2.45) is 0 Å². The fourth-order valence-corrected chi connectivity index (χ4v) is 13.4. The molecule has 2 saturated heterocycles. The van der Waals surface area contributed by atoms with E-state index >= 15 is 0 Å². The highest BCUT2D eigenvalue weighted by molar-refractivity contribution is 7.47. The lowest BCUT2D eigenvalue weighted by Crippen LogP contribution is -2.69. The van der Waals surface area contributed by atoms with Gasteiger partial charge in [0.1, 0.15) is 98.7 Å². The molecular formula is C71H131O24P. The number of carbonyl (C=O) groups is 3. The number of allylic oxidation sites excluding steroid dienone is 2. The number of aliphatic hydroxyl groups excluding tert-OH is 10. The van der Waals surface area contributed by atoms with E-state index in [2.05, 4.69) is 32.9 Å². The zero-order valence-electron chi connectivity index (χ0n) is 58.7. The Balaban J connectivity index is 1.73. The van der Waals surface area contributed by atoms with Crippen molar-refractivity contribution in [2.75, 3.05) is 26.4 Å². The van der Waals surface area contributed by atoms with Crippen LogP contribution in [-0.4, -0.2) is 204 Å². The number of unbranched alkanes of at least 4 members (excludes halogenated alkanes) is 35. The summed E-state index contributed by atoms with van der Waals surface area (Å²) < 4.78 is 65.0. The van der Waals surface area contributed by atoms with Crippen molar-refractivity contribution in [3.63, 3.8) is 0 Å². The average molecular weight is 1400 g/mol. The first-order valence-electron chi connectivity index (χ1n) is 37.5. The molecule has 96 heavy (non-hydrogen) atoms. The minimum absolute atomic E-state index is 0.0248. The first-order chi connectivity index (χ1) is 46.3. The summed E-state index contributed by atoms with van der Waals surface area (Å²) in [7, 11) is -5.69. The van der Waals surface area contributed by atoms with Gasteiger partial charge < -0.3 is 89.1 Å². The molecule has 0 amide bonds. The summed E-state index contributed by atoms with van der Waals surface area (Å²) in [5.74, 6) is -1.98. The largest absolute Gasteiger partial charge is 0.472 e. The number of phosphoric ester groups is 1. The number of phosphoric acid groups is 1. The molecule has 2 heterocycles. The molecule has 2 aliphatic heterocycles. The molecule has 0 aromatic heterocycles. The van der Waals surface area contributed by atoms with Crippen molar-refractivity contribution in [1.82, 2.24) is 0 Å². The van der Waals surface area contributed by atoms with Crippen molar-refractivity contribution >= 4 is 25.7 Å². The highest BCUT2D eigenvalue weighted by Gasteiger charge is 2.58. The predicted molar refractivity (Wildman–Crippen MR) is 361 cm³/mol. The zero-order valence-corrected chi connectivity index (χ0v) is 59.6. The molecule has 1 aliphatic carbocycles. The molecule has 0 bridgehead atoms. The van der Waals surface area contributed by atoms with E-state index in [1.807, 2.05) is 0 Å². The van der Waals surface area contributed by atoms with Crippen LogP contribution in [0.1, 0.15) is 290 Å². The van der Waals surface area contributed by atoms with Crippen LogP contribution in [0.4, 0.5) is 0 Å². The van der Waals surface area contributed by atoms with Crippen LogP contribution >= 0.6 is 7.82 Å². The van der Waals surface area contributed by atoms with Crippen LogP contribution < -0.4 is 0 Å². The monoisotopic (exact) mass is 1400 g/mol. The van der Waals surface area contributed by atoms with Gasteiger partial charge in [0.15, 0.2) is 18.7 Å². The minimum atomic E-state index is -5.69. The Morgan fingerprint density at radius 2 is 0.729 bits per heavy atom. The number of hydrogen-bond donors (Lipinski definition) is 11. The Morgan fingerprint density at radius 3 is 1.14 bits per heavy atom. The van der Waals surface area contributed by atoms with E-state index in [1.54, 1.807) is 0 Å². The van der Waals surface area contributed by atoms with Crippen molar-refractivity contribution < 1.29 is 117 Å². The maximum Gasteiger partial charge on any atom is 0.472 e. The standard InChI is InChI=1S/C71H131O24P/c1-4-7-10-13-16-19-22-24-26-28-31-34-37-40-43-46-56(74)88-51-54-59(77)61(79)66(84)71(92-54)94-68-64(82)62(80)63(81)67(93-70-65(83)60(78)58(76)53(48-72)91-70)69(68)95-96(85,86)89-50-52(49-87-55(73)45-42-39-36-33-30-21-18-15-12-9-6-3)90-57(75)47-44-41-38-35-32-29-27-25-23-20-17-14-11-8-5-2/h19,22,52-54,58-72,76-84H,4-18,20-21,23-51H2,1-3H3,(H,85,86)/b22-19-. The molecule has 564 valence electrons. The highest BCUT2D eigenvalue weighted by atomic mass is 31.2. The van der Waals surface area contributed by atoms with E-state index < -0.39 is 156 Å². The van der Waals surface area contributed by atoms with Gasteiger partial charge >= 0.3 is 25.7 Å². The summed E-state index contributed by atoms with van der Waals surface area (Å²) in [6, 6.07) is 0.